The van der Waals surface area contributed by atoms with Gasteiger partial charge in [0.05, 0.1) is 11.7 Å². The molecule has 2 N–H and O–H groups in total. The first-order valence-electron chi connectivity index (χ1n) is 6.81. The lowest BCUT2D eigenvalue weighted by Crippen LogP contribution is -2.44. The maximum atomic E-state index is 12.4. The number of nitrogens with zero attached hydrogens (tertiary/aromatic N) is 1. The molecular formula is C15H22N2O2. The van der Waals surface area contributed by atoms with Crippen LogP contribution >= 0.6 is 0 Å². The molecule has 1 atom stereocenters. The summed E-state index contributed by atoms with van der Waals surface area (Å²) in [5.74, 6) is 0.247. The van der Waals surface area contributed by atoms with Crippen molar-refractivity contribution in [2.45, 2.75) is 39.2 Å². The van der Waals surface area contributed by atoms with Gasteiger partial charge in [0.2, 0.25) is 5.91 Å². The van der Waals surface area contributed by atoms with Gasteiger partial charge in [0.25, 0.3) is 0 Å². The standard InChI is InChI=1S/C15H22N2O2/c1-10-7-8-13(18)11(2)14(10)16-15(19)12-6-4-5-9-17(12)3/h7-8,12,18H,4-6,9H2,1-3H3,(H,16,19)/t12-/m1/s1. The number of rotatable bonds is 2. The second kappa shape index (κ2) is 5.61. The van der Waals surface area contributed by atoms with Crippen molar-refractivity contribution in [3.8, 4) is 5.75 Å². The Balaban J connectivity index is 2.17. The molecule has 1 aromatic rings. The molecule has 1 aliphatic heterocycles. The van der Waals surface area contributed by atoms with Crippen LogP contribution in [-0.4, -0.2) is 35.5 Å². The van der Waals surface area contributed by atoms with E-state index in [4.69, 9.17) is 0 Å². The topological polar surface area (TPSA) is 52.6 Å². The lowest BCUT2D eigenvalue weighted by molar-refractivity contribution is -0.121. The van der Waals surface area contributed by atoms with E-state index < -0.39 is 0 Å². The first-order chi connectivity index (χ1) is 9.00. The fourth-order valence-corrected chi connectivity index (χ4v) is 2.64. The number of likely N-dealkylation sites (N-methyl/N-ethyl adjacent to an activating group) is 1. The van der Waals surface area contributed by atoms with Gasteiger partial charge < -0.3 is 10.4 Å². The third kappa shape index (κ3) is 2.89. The van der Waals surface area contributed by atoms with E-state index in [0.29, 0.717) is 0 Å². The van der Waals surface area contributed by atoms with Gasteiger partial charge in [-0.05, 0) is 51.9 Å². The van der Waals surface area contributed by atoms with Gasteiger partial charge in [-0.15, -0.1) is 0 Å². The number of likely N-dealkylation sites (tertiary alicyclic amines) is 1. The SMILES string of the molecule is Cc1ccc(O)c(C)c1NC(=O)[C@H]1CCCCN1C. The van der Waals surface area contributed by atoms with E-state index in [1.165, 1.54) is 0 Å². The normalized spacial score (nSPS) is 20.3. The second-order valence-corrected chi connectivity index (χ2v) is 5.38. The van der Waals surface area contributed by atoms with Crippen LogP contribution in [0.2, 0.25) is 0 Å². The van der Waals surface area contributed by atoms with Crippen LogP contribution < -0.4 is 5.32 Å². The molecule has 19 heavy (non-hydrogen) atoms. The molecular weight excluding hydrogens is 240 g/mol. The highest BCUT2D eigenvalue weighted by atomic mass is 16.3. The second-order valence-electron chi connectivity index (χ2n) is 5.38. The highest BCUT2D eigenvalue weighted by Crippen LogP contribution is 2.28. The molecule has 0 radical (unpaired) electrons. The van der Waals surface area contributed by atoms with E-state index in [1.807, 2.05) is 27.0 Å². The maximum Gasteiger partial charge on any atom is 0.241 e. The number of phenolic OH excluding ortho intramolecular Hbond substituents is 1. The number of anilines is 1. The van der Waals surface area contributed by atoms with Crippen molar-refractivity contribution < 1.29 is 9.90 Å². The number of aromatic hydroxyl groups is 1. The van der Waals surface area contributed by atoms with Crippen LogP contribution in [-0.2, 0) is 4.79 Å². The van der Waals surface area contributed by atoms with Gasteiger partial charge in [0, 0.05) is 5.56 Å². The van der Waals surface area contributed by atoms with Crippen molar-refractivity contribution in [3.63, 3.8) is 0 Å². The molecule has 1 amide bonds. The summed E-state index contributed by atoms with van der Waals surface area (Å²) in [4.78, 5) is 14.5. The van der Waals surface area contributed by atoms with Crippen molar-refractivity contribution in [2.24, 2.45) is 0 Å². The molecule has 1 saturated heterocycles. The van der Waals surface area contributed by atoms with Gasteiger partial charge >= 0.3 is 0 Å². The Bertz CT molecular complexity index is 485. The zero-order valence-corrected chi connectivity index (χ0v) is 11.9. The summed E-state index contributed by atoms with van der Waals surface area (Å²) < 4.78 is 0. The Hall–Kier alpha value is -1.55. The van der Waals surface area contributed by atoms with Gasteiger partial charge in [-0.2, -0.15) is 0 Å². The molecule has 0 aromatic heterocycles. The minimum absolute atomic E-state index is 0.0269. The third-order valence-electron chi connectivity index (χ3n) is 3.97. The molecule has 4 nitrogen and oxygen atoms in total. The number of phenols is 1. The highest BCUT2D eigenvalue weighted by molar-refractivity contribution is 5.96. The molecule has 2 rings (SSSR count). The van der Waals surface area contributed by atoms with Gasteiger partial charge in [0.15, 0.2) is 0 Å². The van der Waals surface area contributed by atoms with Crippen molar-refractivity contribution in [1.29, 1.82) is 0 Å². The molecule has 0 spiro atoms. The van der Waals surface area contributed by atoms with Crippen LogP contribution in [0.25, 0.3) is 0 Å². The summed E-state index contributed by atoms with van der Waals surface area (Å²) in [6, 6.07) is 3.42. The van der Waals surface area contributed by atoms with E-state index in [9.17, 15) is 9.90 Å². The minimum atomic E-state index is -0.0603. The van der Waals surface area contributed by atoms with Crippen LogP contribution in [0.3, 0.4) is 0 Å². The number of benzene rings is 1. The number of amides is 1. The molecule has 0 unspecified atom stereocenters. The van der Waals surface area contributed by atoms with Crippen LogP contribution in [0, 0.1) is 13.8 Å². The summed E-state index contributed by atoms with van der Waals surface area (Å²) in [7, 11) is 1.99. The molecule has 0 saturated carbocycles. The van der Waals surface area contributed by atoms with Gasteiger partial charge in [-0.3, -0.25) is 9.69 Å². The predicted molar refractivity (Wildman–Crippen MR) is 76.5 cm³/mol. The van der Waals surface area contributed by atoms with Crippen LogP contribution in [0.15, 0.2) is 12.1 Å². The van der Waals surface area contributed by atoms with Gasteiger partial charge in [0.1, 0.15) is 5.75 Å². The van der Waals surface area contributed by atoms with E-state index in [1.54, 1.807) is 6.07 Å². The smallest absolute Gasteiger partial charge is 0.241 e. The largest absolute Gasteiger partial charge is 0.508 e. The maximum absolute atomic E-state index is 12.4. The molecule has 1 aliphatic rings. The molecule has 4 heteroatoms. The summed E-state index contributed by atoms with van der Waals surface area (Å²) in [5.41, 5.74) is 2.44. The lowest BCUT2D eigenvalue weighted by atomic mass is 10.0. The number of hydrogen-bond donors (Lipinski definition) is 2. The number of carbonyl (C=O) groups excluding carboxylic acids is 1. The molecule has 104 valence electrons. The van der Waals surface area contributed by atoms with Crippen LogP contribution in [0.4, 0.5) is 5.69 Å². The monoisotopic (exact) mass is 262 g/mol. The number of nitrogens with one attached hydrogen (secondary N) is 1. The van der Waals surface area contributed by atoms with Crippen molar-refractivity contribution in [1.82, 2.24) is 4.90 Å². The molecule has 1 aromatic carbocycles. The highest BCUT2D eigenvalue weighted by Gasteiger charge is 2.26. The lowest BCUT2D eigenvalue weighted by Gasteiger charge is -2.31. The van der Waals surface area contributed by atoms with Crippen molar-refractivity contribution in [3.05, 3.63) is 23.3 Å². The first kappa shape index (κ1) is 13.9. The fraction of sp³-hybridized carbons (Fsp3) is 0.533. The molecule has 0 aliphatic carbocycles. The minimum Gasteiger partial charge on any atom is -0.508 e. The average Bonchev–Trinajstić information content (AvgIpc) is 2.39. The Morgan fingerprint density at radius 2 is 2.11 bits per heavy atom. The zero-order valence-electron chi connectivity index (χ0n) is 11.9. The van der Waals surface area contributed by atoms with Gasteiger partial charge in [-0.1, -0.05) is 12.5 Å². The van der Waals surface area contributed by atoms with Crippen LogP contribution in [0.1, 0.15) is 30.4 Å². The summed E-state index contributed by atoms with van der Waals surface area (Å²) in [5, 5.41) is 12.7. The van der Waals surface area contributed by atoms with Crippen LogP contribution in [0.5, 0.6) is 5.75 Å². The number of carbonyl (C=O) groups is 1. The summed E-state index contributed by atoms with van der Waals surface area (Å²) in [6.07, 6.45) is 3.16. The third-order valence-corrected chi connectivity index (χ3v) is 3.97. The number of piperidine rings is 1. The van der Waals surface area contributed by atoms with Crippen molar-refractivity contribution in [2.75, 3.05) is 18.9 Å². The molecule has 1 heterocycles. The quantitative estimate of drug-likeness (QED) is 0.860. The zero-order chi connectivity index (χ0) is 14.0. The van der Waals surface area contributed by atoms with Crippen molar-refractivity contribution >= 4 is 11.6 Å². The van der Waals surface area contributed by atoms with E-state index in [-0.39, 0.29) is 17.7 Å². The first-order valence-corrected chi connectivity index (χ1v) is 6.81. The van der Waals surface area contributed by atoms with Gasteiger partial charge in [-0.25, -0.2) is 0 Å². The molecule has 1 fully saturated rings. The summed E-state index contributed by atoms with van der Waals surface area (Å²) in [6.45, 7) is 4.73. The molecule has 0 bridgehead atoms. The summed E-state index contributed by atoms with van der Waals surface area (Å²) >= 11 is 0. The fourth-order valence-electron chi connectivity index (χ4n) is 2.64. The van der Waals surface area contributed by atoms with E-state index in [0.717, 1.165) is 42.6 Å². The Labute approximate surface area is 114 Å². The Morgan fingerprint density at radius 3 is 2.79 bits per heavy atom. The Kier molecular flexibility index (Phi) is 4.10. The number of aryl methyl sites for hydroxylation is 1. The van der Waals surface area contributed by atoms with E-state index >= 15 is 0 Å². The Morgan fingerprint density at radius 1 is 1.37 bits per heavy atom. The average molecular weight is 262 g/mol. The van der Waals surface area contributed by atoms with E-state index in [2.05, 4.69) is 10.2 Å². The number of hydrogen-bond acceptors (Lipinski definition) is 3. The predicted octanol–water partition coefficient (Wildman–Crippen LogP) is 2.43.